The maximum absolute atomic E-state index is 13.2. The molecule has 0 spiro atoms. The Hall–Kier alpha value is -3.13. The van der Waals surface area contributed by atoms with Crippen LogP contribution in [0.1, 0.15) is 28.5 Å². The van der Waals surface area contributed by atoms with Crippen LogP contribution in [0.5, 0.6) is 0 Å². The van der Waals surface area contributed by atoms with E-state index in [0.717, 1.165) is 17.7 Å². The Kier molecular flexibility index (Phi) is 4.87. The summed E-state index contributed by atoms with van der Waals surface area (Å²) in [6, 6.07) is 15.4. The minimum atomic E-state index is -3.75. The predicted octanol–water partition coefficient (Wildman–Crippen LogP) is 2.99. The molecule has 1 amide bonds. The standard InChI is InChI=1S/C21H22N4O3S/c1-3-17-14-20(24(2)23-17)22-21(26)16-8-6-9-18(13-16)29(27,28)25-12-11-15-7-4-5-10-19(15)25/h4-10,13-14H,3,11-12H2,1-2H3,(H,22,26). The highest BCUT2D eigenvalue weighted by atomic mass is 32.2. The maximum Gasteiger partial charge on any atom is 0.264 e. The first-order valence-electron chi connectivity index (χ1n) is 9.45. The van der Waals surface area contributed by atoms with E-state index in [1.165, 1.54) is 16.4 Å². The second-order valence-electron chi connectivity index (χ2n) is 6.94. The normalized spacial score (nSPS) is 13.4. The number of benzene rings is 2. The molecule has 0 aliphatic carbocycles. The number of hydrogen-bond donors (Lipinski definition) is 1. The van der Waals surface area contributed by atoms with E-state index < -0.39 is 10.0 Å². The number of carbonyl (C=O) groups excluding carboxylic acids is 1. The van der Waals surface area contributed by atoms with Crippen molar-refractivity contribution in [2.75, 3.05) is 16.2 Å². The van der Waals surface area contributed by atoms with Gasteiger partial charge < -0.3 is 5.32 Å². The predicted molar refractivity (Wildman–Crippen MR) is 112 cm³/mol. The third-order valence-corrected chi connectivity index (χ3v) is 6.87. The molecule has 2 heterocycles. The number of sulfonamides is 1. The number of amides is 1. The smallest absolute Gasteiger partial charge is 0.264 e. The number of para-hydroxylation sites is 1. The lowest BCUT2D eigenvalue weighted by Gasteiger charge is -2.20. The lowest BCUT2D eigenvalue weighted by molar-refractivity contribution is 0.102. The van der Waals surface area contributed by atoms with Gasteiger partial charge in [-0.2, -0.15) is 5.10 Å². The van der Waals surface area contributed by atoms with Crippen LogP contribution < -0.4 is 9.62 Å². The van der Waals surface area contributed by atoms with Crippen molar-refractivity contribution in [1.29, 1.82) is 0 Å². The maximum atomic E-state index is 13.2. The molecular weight excluding hydrogens is 388 g/mol. The summed E-state index contributed by atoms with van der Waals surface area (Å²) in [6.45, 7) is 2.38. The third kappa shape index (κ3) is 3.51. The van der Waals surface area contributed by atoms with Gasteiger partial charge in [-0.25, -0.2) is 8.42 Å². The van der Waals surface area contributed by atoms with Crippen molar-refractivity contribution >= 4 is 27.4 Å². The molecule has 0 fully saturated rings. The van der Waals surface area contributed by atoms with E-state index in [1.54, 1.807) is 29.9 Å². The van der Waals surface area contributed by atoms with Crippen molar-refractivity contribution in [1.82, 2.24) is 9.78 Å². The molecule has 0 atom stereocenters. The Balaban J connectivity index is 1.61. The van der Waals surface area contributed by atoms with Crippen molar-refractivity contribution in [3.05, 3.63) is 71.4 Å². The summed E-state index contributed by atoms with van der Waals surface area (Å²) in [5.41, 5.74) is 2.85. The van der Waals surface area contributed by atoms with E-state index in [0.29, 0.717) is 24.5 Å². The van der Waals surface area contributed by atoms with Gasteiger partial charge in [-0.05, 0) is 42.7 Å². The molecule has 1 N–H and O–H groups in total. The van der Waals surface area contributed by atoms with E-state index in [9.17, 15) is 13.2 Å². The summed E-state index contributed by atoms with van der Waals surface area (Å²) in [5, 5.41) is 7.10. The first-order chi connectivity index (χ1) is 13.9. The molecule has 1 aromatic heterocycles. The number of carbonyl (C=O) groups is 1. The summed E-state index contributed by atoms with van der Waals surface area (Å²) in [5.74, 6) is 0.183. The SMILES string of the molecule is CCc1cc(NC(=O)c2cccc(S(=O)(=O)N3CCc4ccccc43)c2)n(C)n1. The van der Waals surface area contributed by atoms with Crippen molar-refractivity contribution < 1.29 is 13.2 Å². The minimum Gasteiger partial charge on any atom is -0.307 e. The number of fused-ring (bicyclic) bond motifs is 1. The monoisotopic (exact) mass is 410 g/mol. The number of aryl methyl sites for hydroxylation is 2. The van der Waals surface area contributed by atoms with Gasteiger partial charge in [0, 0.05) is 25.2 Å². The summed E-state index contributed by atoms with van der Waals surface area (Å²) >= 11 is 0. The van der Waals surface area contributed by atoms with E-state index in [1.807, 2.05) is 31.2 Å². The van der Waals surface area contributed by atoms with Gasteiger partial charge in [0.1, 0.15) is 5.82 Å². The molecule has 2 aromatic carbocycles. The quantitative estimate of drug-likeness (QED) is 0.701. The minimum absolute atomic E-state index is 0.0982. The number of aromatic nitrogens is 2. The Morgan fingerprint density at radius 1 is 1.14 bits per heavy atom. The van der Waals surface area contributed by atoms with Gasteiger partial charge in [0.2, 0.25) is 0 Å². The Labute approximate surface area is 170 Å². The molecule has 150 valence electrons. The second-order valence-corrected chi connectivity index (χ2v) is 8.80. The average molecular weight is 410 g/mol. The van der Waals surface area contributed by atoms with E-state index in [4.69, 9.17) is 0 Å². The summed E-state index contributed by atoms with van der Waals surface area (Å²) in [7, 11) is -2.00. The molecule has 0 bridgehead atoms. The molecule has 0 saturated heterocycles. The highest BCUT2D eigenvalue weighted by Gasteiger charge is 2.31. The van der Waals surface area contributed by atoms with Gasteiger partial charge in [0.05, 0.1) is 16.3 Å². The zero-order valence-corrected chi connectivity index (χ0v) is 17.1. The van der Waals surface area contributed by atoms with Crippen molar-refractivity contribution in [2.45, 2.75) is 24.7 Å². The van der Waals surface area contributed by atoms with Crippen molar-refractivity contribution in [3.63, 3.8) is 0 Å². The molecule has 3 aromatic rings. The van der Waals surface area contributed by atoms with Crippen molar-refractivity contribution in [3.8, 4) is 0 Å². The van der Waals surface area contributed by atoms with Crippen LogP contribution >= 0.6 is 0 Å². The number of rotatable bonds is 5. The lowest BCUT2D eigenvalue weighted by Crippen LogP contribution is -2.29. The number of anilines is 2. The first kappa shape index (κ1) is 19.2. The van der Waals surface area contributed by atoms with Gasteiger partial charge in [-0.3, -0.25) is 13.8 Å². The topological polar surface area (TPSA) is 84.3 Å². The van der Waals surface area contributed by atoms with E-state index in [-0.39, 0.29) is 16.4 Å². The highest BCUT2D eigenvalue weighted by Crippen LogP contribution is 2.32. The third-order valence-electron chi connectivity index (χ3n) is 5.06. The average Bonchev–Trinajstić information content (AvgIpc) is 3.32. The number of nitrogens with one attached hydrogen (secondary N) is 1. The number of hydrogen-bond acceptors (Lipinski definition) is 4. The molecule has 0 saturated carbocycles. The summed E-state index contributed by atoms with van der Waals surface area (Å²) < 4.78 is 29.4. The lowest BCUT2D eigenvalue weighted by atomic mass is 10.2. The molecule has 8 heteroatoms. The van der Waals surface area contributed by atoms with Gasteiger partial charge in [-0.1, -0.05) is 31.2 Å². The van der Waals surface area contributed by atoms with Crippen LogP contribution in [0.3, 0.4) is 0 Å². The van der Waals surface area contributed by atoms with Gasteiger partial charge in [0.25, 0.3) is 15.9 Å². The largest absolute Gasteiger partial charge is 0.307 e. The van der Waals surface area contributed by atoms with Crippen LogP contribution in [0.4, 0.5) is 11.5 Å². The van der Waals surface area contributed by atoms with Crippen LogP contribution in [0.25, 0.3) is 0 Å². The Morgan fingerprint density at radius 3 is 2.69 bits per heavy atom. The summed E-state index contributed by atoms with van der Waals surface area (Å²) in [6.07, 6.45) is 1.44. The van der Waals surface area contributed by atoms with Gasteiger partial charge in [-0.15, -0.1) is 0 Å². The highest BCUT2D eigenvalue weighted by molar-refractivity contribution is 7.92. The fourth-order valence-electron chi connectivity index (χ4n) is 3.49. The van der Waals surface area contributed by atoms with Crippen molar-refractivity contribution in [2.24, 2.45) is 7.05 Å². The van der Waals surface area contributed by atoms with Crippen LogP contribution in [0, 0.1) is 0 Å². The Morgan fingerprint density at radius 2 is 1.93 bits per heavy atom. The molecule has 4 rings (SSSR count). The summed E-state index contributed by atoms with van der Waals surface area (Å²) in [4.78, 5) is 12.8. The fraction of sp³-hybridized carbons (Fsp3) is 0.238. The van der Waals surface area contributed by atoms with Gasteiger partial charge in [0.15, 0.2) is 0 Å². The molecule has 29 heavy (non-hydrogen) atoms. The zero-order valence-electron chi connectivity index (χ0n) is 16.3. The molecule has 1 aliphatic heterocycles. The van der Waals surface area contributed by atoms with Gasteiger partial charge >= 0.3 is 0 Å². The molecule has 1 aliphatic rings. The van der Waals surface area contributed by atoms with Crippen LogP contribution in [-0.4, -0.2) is 30.7 Å². The Bertz CT molecular complexity index is 1180. The van der Waals surface area contributed by atoms with E-state index >= 15 is 0 Å². The molecule has 7 nitrogen and oxygen atoms in total. The van der Waals surface area contributed by atoms with Crippen LogP contribution in [0.2, 0.25) is 0 Å². The number of nitrogens with zero attached hydrogens (tertiary/aromatic N) is 3. The molecular formula is C21H22N4O3S. The first-order valence-corrected chi connectivity index (χ1v) is 10.9. The van der Waals surface area contributed by atoms with Crippen LogP contribution in [-0.2, 0) is 29.9 Å². The molecule has 0 radical (unpaired) electrons. The zero-order chi connectivity index (χ0) is 20.6. The van der Waals surface area contributed by atoms with E-state index in [2.05, 4.69) is 10.4 Å². The van der Waals surface area contributed by atoms with Crippen LogP contribution in [0.15, 0.2) is 59.5 Å². The molecule has 0 unspecified atom stereocenters. The fourth-order valence-corrected chi connectivity index (χ4v) is 5.04. The second kappa shape index (κ2) is 7.36.